The number of halogens is 1. The number of aliphatic carboxylic acids is 1. The molecule has 6 heteroatoms. The molecule has 0 aromatic heterocycles. The smallest absolute Gasteiger partial charge is 0.321 e. The van der Waals surface area contributed by atoms with Crippen LogP contribution in [-0.2, 0) is 10.5 Å². The molecule has 0 aliphatic rings. The van der Waals surface area contributed by atoms with Gasteiger partial charge in [0.05, 0.1) is 11.6 Å². The molecule has 0 amide bonds. The van der Waals surface area contributed by atoms with Crippen molar-refractivity contribution in [3.05, 3.63) is 35.1 Å². The molecule has 0 saturated heterocycles. The van der Waals surface area contributed by atoms with Crippen molar-refractivity contribution in [2.24, 2.45) is 5.73 Å². The summed E-state index contributed by atoms with van der Waals surface area (Å²) >= 11 is 1.24. The predicted molar refractivity (Wildman–Crippen MR) is 62.9 cm³/mol. The third-order valence-electron chi connectivity index (χ3n) is 2.05. The molecule has 0 bridgehead atoms. The van der Waals surface area contributed by atoms with E-state index < -0.39 is 17.8 Å². The number of hydrogen-bond acceptors (Lipinski definition) is 4. The van der Waals surface area contributed by atoms with Crippen LogP contribution in [0.4, 0.5) is 4.39 Å². The summed E-state index contributed by atoms with van der Waals surface area (Å²) in [7, 11) is 0. The fourth-order valence-electron chi connectivity index (χ4n) is 1.10. The molecule has 0 saturated carbocycles. The van der Waals surface area contributed by atoms with Gasteiger partial charge in [0.1, 0.15) is 11.9 Å². The lowest BCUT2D eigenvalue weighted by Gasteiger charge is -2.06. The zero-order valence-electron chi connectivity index (χ0n) is 8.89. The fraction of sp³-hybridized carbons (Fsp3) is 0.273. The summed E-state index contributed by atoms with van der Waals surface area (Å²) in [4.78, 5) is 10.4. The van der Waals surface area contributed by atoms with Gasteiger partial charge in [0, 0.05) is 11.5 Å². The average molecular weight is 254 g/mol. The fourth-order valence-corrected chi connectivity index (χ4v) is 2.07. The van der Waals surface area contributed by atoms with E-state index in [-0.39, 0.29) is 11.3 Å². The quantitative estimate of drug-likeness (QED) is 0.828. The van der Waals surface area contributed by atoms with Gasteiger partial charge < -0.3 is 10.8 Å². The van der Waals surface area contributed by atoms with Crippen LogP contribution in [0.5, 0.6) is 0 Å². The third-order valence-corrected chi connectivity index (χ3v) is 3.16. The lowest BCUT2D eigenvalue weighted by molar-refractivity contribution is -0.137. The molecular formula is C11H11FN2O2S. The molecule has 1 aromatic carbocycles. The Morgan fingerprint density at radius 3 is 2.88 bits per heavy atom. The zero-order chi connectivity index (χ0) is 12.8. The predicted octanol–water partition coefficient (Wildman–Crippen LogP) is 1.34. The van der Waals surface area contributed by atoms with E-state index in [1.807, 2.05) is 6.07 Å². The summed E-state index contributed by atoms with van der Waals surface area (Å²) in [5.74, 6) is -0.980. The average Bonchev–Trinajstić information content (AvgIpc) is 2.30. The number of nitriles is 1. The Bertz CT molecular complexity index is 459. The monoisotopic (exact) mass is 254 g/mol. The molecule has 0 spiro atoms. The Balaban J connectivity index is 2.53. The van der Waals surface area contributed by atoms with Gasteiger partial charge in [0.25, 0.3) is 0 Å². The first-order valence-electron chi connectivity index (χ1n) is 4.79. The highest BCUT2D eigenvalue weighted by Crippen LogP contribution is 2.17. The first kappa shape index (κ1) is 13.5. The number of carboxylic acids is 1. The number of carboxylic acid groups (broad SMARTS) is 1. The van der Waals surface area contributed by atoms with Crippen molar-refractivity contribution in [3.63, 3.8) is 0 Å². The molecule has 3 N–H and O–H groups in total. The first-order chi connectivity index (χ1) is 8.04. The number of carbonyl (C=O) groups is 1. The van der Waals surface area contributed by atoms with Crippen molar-refractivity contribution in [1.82, 2.24) is 0 Å². The molecule has 1 atom stereocenters. The maximum Gasteiger partial charge on any atom is 0.321 e. The van der Waals surface area contributed by atoms with Gasteiger partial charge in [-0.05, 0) is 17.7 Å². The standard InChI is InChI=1S/C11H11FN2O2S/c12-9-3-7(4-13)1-2-8(9)5-17-6-10(14)11(15)16/h1-3,10H,5-6,14H2,(H,15,16). The molecule has 90 valence electrons. The van der Waals surface area contributed by atoms with E-state index in [2.05, 4.69) is 0 Å². The van der Waals surface area contributed by atoms with Crippen molar-refractivity contribution in [1.29, 1.82) is 5.26 Å². The van der Waals surface area contributed by atoms with Crippen LogP contribution in [0.2, 0.25) is 0 Å². The zero-order valence-corrected chi connectivity index (χ0v) is 9.71. The molecule has 0 radical (unpaired) electrons. The number of nitrogens with two attached hydrogens (primary N) is 1. The summed E-state index contributed by atoms with van der Waals surface area (Å²) in [6.45, 7) is 0. The minimum atomic E-state index is -1.07. The van der Waals surface area contributed by atoms with E-state index in [1.165, 1.54) is 23.9 Å². The van der Waals surface area contributed by atoms with Gasteiger partial charge in [-0.15, -0.1) is 0 Å². The first-order valence-corrected chi connectivity index (χ1v) is 5.94. The van der Waals surface area contributed by atoms with Crippen LogP contribution in [0.25, 0.3) is 0 Å². The summed E-state index contributed by atoms with van der Waals surface area (Å²) in [6.07, 6.45) is 0. The lowest BCUT2D eigenvalue weighted by Crippen LogP contribution is -2.32. The molecule has 1 rings (SSSR count). The van der Waals surface area contributed by atoms with E-state index >= 15 is 0 Å². The van der Waals surface area contributed by atoms with Gasteiger partial charge in [-0.25, -0.2) is 4.39 Å². The summed E-state index contributed by atoms with van der Waals surface area (Å²) in [6, 6.07) is 5.10. The highest BCUT2D eigenvalue weighted by atomic mass is 32.2. The normalized spacial score (nSPS) is 11.8. The Labute approximate surface area is 102 Å². The van der Waals surface area contributed by atoms with Crippen LogP contribution in [0.15, 0.2) is 18.2 Å². The summed E-state index contributed by atoms with van der Waals surface area (Å²) in [5, 5.41) is 17.1. The number of nitrogens with zero attached hydrogens (tertiary/aromatic N) is 1. The highest BCUT2D eigenvalue weighted by Gasteiger charge is 2.11. The van der Waals surface area contributed by atoms with Gasteiger partial charge in [-0.1, -0.05) is 6.07 Å². The van der Waals surface area contributed by atoms with Gasteiger partial charge in [0.2, 0.25) is 0 Å². The second-order valence-electron chi connectivity index (χ2n) is 3.38. The second-order valence-corrected chi connectivity index (χ2v) is 4.41. The Morgan fingerprint density at radius 1 is 1.65 bits per heavy atom. The molecule has 1 aromatic rings. The van der Waals surface area contributed by atoms with Crippen molar-refractivity contribution in [2.45, 2.75) is 11.8 Å². The van der Waals surface area contributed by atoms with E-state index in [9.17, 15) is 9.18 Å². The Kier molecular flexibility index (Phi) is 4.94. The van der Waals surface area contributed by atoms with Gasteiger partial charge in [0.15, 0.2) is 0 Å². The second kappa shape index (κ2) is 6.23. The molecule has 4 nitrogen and oxygen atoms in total. The van der Waals surface area contributed by atoms with Crippen LogP contribution in [0, 0.1) is 17.1 Å². The largest absolute Gasteiger partial charge is 0.480 e. The van der Waals surface area contributed by atoms with Crippen molar-refractivity contribution in [2.75, 3.05) is 5.75 Å². The van der Waals surface area contributed by atoms with E-state index in [1.54, 1.807) is 0 Å². The Morgan fingerprint density at radius 2 is 2.35 bits per heavy atom. The minimum absolute atomic E-state index is 0.217. The van der Waals surface area contributed by atoms with E-state index in [0.29, 0.717) is 11.3 Å². The number of benzene rings is 1. The number of rotatable bonds is 5. The van der Waals surface area contributed by atoms with Crippen molar-refractivity contribution < 1.29 is 14.3 Å². The minimum Gasteiger partial charge on any atom is -0.480 e. The van der Waals surface area contributed by atoms with Crippen LogP contribution in [-0.4, -0.2) is 22.9 Å². The van der Waals surface area contributed by atoms with Gasteiger partial charge >= 0.3 is 5.97 Å². The maximum atomic E-state index is 13.4. The van der Waals surface area contributed by atoms with Crippen molar-refractivity contribution >= 4 is 17.7 Å². The lowest BCUT2D eigenvalue weighted by atomic mass is 10.1. The van der Waals surface area contributed by atoms with E-state index in [4.69, 9.17) is 16.1 Å². The SMILES string of the molecule is N#Cc1ccc(CSCC(N)C(=O)O)c(F)c1. The summed E-state index contributed by atoms with van der Waals surface area (Å²) in [5.41, 5.74) is 6.01. The summed E-state index contributed by atoms with van der Waals surface area (Å²) < 4.78 is 13.4. The molecule has 17 heavy (non-hydrogen) atoms. The van der Waals surface area contributed by atoms with Gasteiger partial charge in [-0.3, -0.25) is 4.79 Å². The van der Waals surface area contributed by atoms with Crippen LogP contribution in [0.3, 0.4) is 0 Å². The van der Waals surface area contributed by atoms with Crippen LogP contribution < -0.4 is 5.73 Å². The molecule has 0 aliphatic heterocycles. The Hall–Kier alpha value is -1.58. The van der Waals surface area contributed by atoms with Crippen molar-refractivity contribution in [3.8, 4) is 6.07 Å². The molecular weight excluding hydrogens is 243 g/mol. The number of hydrogen-bond donors (Lipinski definition) is 2. The van der Waals surface area contributed by atoms with E-state index in [0.717, 1.165) is 6.07 Å². The molecule has 0 heterocycles. The van der Waals surface area contributed by atoms with Crippen LogP contribution in [0.1, 0.15) is 11.1 Å². The maximum absolute atomic E-state index is 13.4. The molecule has 0 aliphatic carbocycles. The number of thioether (sulfide) groups is 1. The van der Waals surface area contributed by atoms with Crippen LogP contribution >= 0.6 is 11.8 Å². The highest BCUT2D eigenvalue weighted by molar-refractivity contribution is 7.98. The topological polar surface area (TPSA) is 87.1 Å². The molecule has 1 unspecified atom stereocenters. The molecule has 0 fully saturated rings. The van der Waals surface area contributed by atoms with Gasteiger partial charge in [-0.2, -0.15) is 17.0 Å². The third kappa shape index (κ3) is 4.06.